The molecule has 0 aromatic carbocycles. The molecule has 144 valence electrons. The van der Waals surface area contributed by atoms with Crippen molar-refractivity contribution in [3.8, 4) is 0 Å². The van der Waals surface area contributed by atoms with Gasteiger partial charge in [-0.2, -0.15) is 0 Å². The average molecular weight is 357 g/mol. The zero-order valence-corrected chi connectivity index (χ0v) is 16.7. The van der Waals surface area contributed by atoms with Gasteiger partial charge in [-0.1, -0.05) is 62.0 Å². The monoisotopic (exact) mass is 356 g/mol. The fraction of sp³-hybridized carbons (Fsp3) is 0.500. The van der Waals surface area contributed by atoms with E-state index in [1.807, 2.05) is 13.0 Å². The molecule has 0 atom stereocenters. The molecule has 0 heterocycles. The molecule has 0 radical (unpaired) electrons. The first kappa shape index (κ1) is 23.9. The third-order valence-corrected chi connectivity index (χ3v) is 3.50. The highest BCUT2D eigenvalue weighted by atomic mass is 16.5. The van der Waals surface area contributed by atoms with Gasteiger partial charge in [0.25, 0.3) is 0 Å². The Bertz CT molecular complexity index is 500. The molecule has 0 saturated heterocycles. The quantitative estimate of drug-likeness (QED) is 0.136. The van der Waals surface area contributed by atoms with Crippen LogP contribution in [0.1, 0.15) is 71.6 Å². The van der Waals surface area contributed by atoms with Gasteiger partial charge in [-0.15, -0.1) is 5.73 Å². The van der Waals surface area contributed by atoms with E-state index < -0.39 is 0 Å². The highest BCUT2D eigenvalue weighted by molar-refractivity contribution is 5.69. The number of carbonyl (C=O) groups excluding carboxylic acids is 1. The van der Waals surface area contributed by atoms with Crippen molar-refractivity contribution >= 4 is 5.97 Å². The molecule has 2 heteroatoms. The molecule has 2 nitrogen and oxygen atoms in total. The van der Waals surface area contributed by atoms with Crippen molar-refractivity contribution < 1.29 is 9.53 Å². The topological polar surface area (TPSA) is 26.3 Å². The fourth-order valence-corrected chi connectivity index (χ4v) is 2.07. The standard InChI is InChI=1S/C24H36O2/c1-3-5-6-7-8-9-10-11-12-13-14-15-16-17-18-19-20-21-22-23-24(25)26-4-2/h7,9,11-12,14-15,17-18,20-21H,3-6,10,13,16,19,22-23H2,1-2H3/b12-11+,15-14+,18-17+,21-20+. The van der Waals surface area contributed by atoms with Gasteiger partial charge in [0.1, 0.15) is 0 Å². The Hall–Kier alpha value is -2.05. The Morgan fingerprint density at radius 3 is 1.92 bits per heavy atom. The lowest BCUT2D eigenvalue weighted by Gasteiger charge is -1.97. The predicted molar refractivity (Wildman–Crippen MR) is 113 cm³/mol. The molecule has 0 N–H and O–H groups in total. The number of unbranched alkanes of at least 4 members (excludes halogenated alkanes) is 2. The second-order valence-corrected chi connectivity index (χ2v) is 5.89. The highest BCUT2D eigenvalue weighted by Gasteiger charge is 1.97. The number of allylic oxidation sites excluding steroid dienone is 9. The summed E-state index contributed by atoms with van der Waals surface area (Å²) < 4.78 is 4.87. The van der Waals surface area contributed by atoms with E-state index in [9.17, 15) is 4.79 Å². The third-order valence-electron chi connectivity index (χ3n) is 3.50. The van der Waals surface area contributed by atoms with Crippen LogP contribution < -0.4 is 0 Å². The predicted octanol–water partition coefficient (Wildman–Crippen LogP) is 7.02. The van der Waals surface area contributed by atoms with E-state index in [0.29, 0.717) is 13.0 Å². The number of hydrogen-bond acceptors (Lipinski definition) is 2. The fourth-order valence-electron chi connectivity index (χ4n) is 2.07. The lowest BCUT2D eigenvalue weighted by Crippen LogP contribution is -2.02. The minimum Gasteiger partial charge on any atom is -0.466 e. The number of hydrogen-bond donors (Lipinski definition) is 0. The second kappa shape index (κ2) is 21.0. The van der Waals surface area contributed by atoms with Crippen LogP contribution in [-0.2, 0) is 9.53 Å². The summed E-state index contributed by atoms with van der Waals surface area (Å²) >= 11 is 0. The Kier molecular flexibility index (Phi) is 19.3. The maximum Gasteiger partial charge on any atom is 0.306 e. The summed E-state index contributed by atoms with van der Waals surface area (Å²) in [5.74, 6) is -0.119. The van der Waals surface area contributed by atoms with E-state index in [1.54, 1.807) is 0 Å². The van der Waals surface area contributed by atoms with Crippen molar-refractivity contribution in [3.63, 3.8) is 0 Å². The summed E-state index contributed by atoms with van der Waals surface area (Å²) in [7, 11) is 0. The lowest BCUT2D eigenvalue weighted by molar-refractivity contribution is -0.142. The Balaban J connectivity index is 3.57. The first-order chi connectivity index (χ1) is 12.8. The van der Waals surface area contributed by atoms with Crippen molar-refractivity contribution in [2.24, 2.45) is 0 Å². The summed E-state index contributed by atoms with van der Waals surface area (Å²) in [6, 6.07) is 0. The van der Waals surface area contributed by atoms with Crippen LogP contribution in [0.2, 0.25) is 0 Å². The van der Waals surface area contributed by atoms with Crippen LogP contribution in [0.5, 0.6) is 0 Å². The van der Waals surface area contributed by atoms with E-state index in [2.05, 4.69) is 67.3 Å². The molecule has 0 bridgehead atoms. The van der Waals surface area contributed by atoms with Gasteiger partial charge < -0.3 is 4.74 Å². The SMILES string of the molecule is CCCCC=C=CC/C=C/C/C=C/C/C=C/C/C=C/CCC(=O)OCC. The molecule has 0 fully saturated rings. The Morgan fingerprint density at radius 1 is 0.769 bits per heavy atom. The minimum atomic E-state index is -0.119. The molecule has 0 aromatic heterocycles. The smallest absolute Gasteiger partial charge is 0.306 e. The van der Waals surface area contributed by atoms with Gasteiger partial charge in [0.2, 0.25) is 0 Å². The van der Waals surface area contributed by atoms with Crippen molar-refractivity contribution in [2.45, 2.75) is 71.6 Å². The lowest BCUT2D eigenvalue weighted by atomic mass is 10.2. The molecule has 0 aromatic rings. The van der Waals surface area contributed by atoms with Gasteiger partial charge in [0, 0.05) is 6.42 Å². The number of rotatable bonds is 15. The number of carbonyl (C=O) groups is 1. The van der Waals surface area contributed by atoms with Crippen LogP contribution in [0.25, 0.3) is 0 Å². The van der Waals surface area contributed by atoms with E-state index in [-0.39, 0.29) is 5.97 Å². The summed E-state index contributed by atoms with van der Waals surface area (Å²) in [4.78, 5) is 11.1. The van der Waals surface area contributed by atoms with Gasteiger partial charge in [-0.25, -0.2) is 0 Å². The molecular formula is C24H36O2. The number of ether oxygens (including phenoxy) is 1. The maximum atomic E-state index is 11.1. The van der Waals surface area contributed by atoms with Crippen LogP contribution in [0.4, 0.5) is 0 Å². The Labute approximate surface area is 160 Å². The molecule has 0 unspecified atom stereocenters. The van der Waals surface area contributed by atoms with Crippen LogP contribution in [0.3, 0.4) is 0 Å². The largest absolute Gasteiger partial charge is 0.466 e. The van der Waals surface area contributed by atoms with Crippen molar-refractivity contribution in [1.29, 1.82) is 0 Å². The Morgan fingerprint density at radius 2 is 1.35 bits per heavy atom. The molecule has 0 rings (SSSR count). The summed E-state index contributed by atoms with van der Waals surface area (Å²) in [5.41, 5.74) is 3.22. The molecule has 0 spiro atoms. The normalized spacial score (nSPS) is 11.6. The number of esters is 1. The second-order valence-electron chi connectivity index (χ2n) is 5.89. The zero-order valence-electron chi connectivity index (χ0n) is 16.7. The van der Waals surface area contributed by atoms with E-state index in [1.165, 1.54) is 12.8 Å². The van der Waals surface area contributed by atoms with E-state index >= 15 is 0 Å². The molecule has 0 aliphatic heterocycles. The third kappa shape index (κ3) is 20.0. The first-order valence-electron chi connectivity index (χ1n) is 9.96. The molecule has 0 amide bonds. The van der Waals surface area contributed by atoms with Crippen molar-refractivity contribution in [3.05, 3.63) is 66.5 Å². The first-order valence-corrected chi connectivity index (χ1v) is 9.96. The van der Waals surface area contributed by atoms with Gasteiger partial charge in [-0.3, -0.25) is 4.79 Å². The van der Waals surface area contributed by atoms with Gasteiger partial charge in [-0.05, 0) is 64.0 Å². The molecule has 0 saturated carbocycles. The summed E-state index contributed by atoms with van der Waals surface area (Å²) in [6.45, 7) is 4.49. The molecule has 0 aliphatic carbocycles. The van der Waals surface area contributed by atoms with Gasteiger partial charge in [0.05, 0.1) is 6.61 Å². The van der Waals surface area contributed by atoms with Crippen LogP contribution in [0, 0.1) is 0 Å². The highest BCUT2D eigenvalue weighted by Crippen LogP contribution is 1.98. The van der Waals surface area contributed by atoms with Crippen LogP contribution >= 0.6 is 0 Å². The van der Waals surface area contributed by atoms with Crippen molar-refractivity contribution in [2.75, 3.05) is 6.61 Å². The van der Waals surface area contributed by atoms with E-state index in [0.717, 1.165) is 38.5 Å². The summed E-state index contributed by atoms with van der Waals surface area (Å²) in [6.07, 6.45) is 30.1. The zero-order chi connectivity index (χ0) is 19.1. The molecule has 26 heavy (non-hydrogen) atoms. The van der Waals surface area contributed by atoms with Crippen LogP contribution in [0.15, 0.2) is 66.5 Å². The van der Waals surface area contributed by atoms with Crippen molar-refractivity contribution in [1.82, 2.24) is 0 Å². The minimum absolute atomic E-state index is 0.119. The average Bonchev–Trinajstić information content (AvgIpc) is 2.64. The molecular weight excluding hydrogens is 320 g/mol. The van der Waals surface area contributed by atoms with Gasteiger partial charge >= 0.3 is 5.97 Å². The summed E-state index contributed by atoms with van der Waals surface area (Å²) in [5, 5.41) is 0. The maximum absolute atomic E-state index is 11.1. The van der Waals surface area contributed by atoms with Gasteiger partial charge in [0.15, 0.2) is 0 Å². The van der Waals surface area contributed by atoms with Crippen LogP contribution in [-0.4, -0.2) is 12.6 Å². The molecule has 0 aliphatic rings. The van der Waals surface area contributed by atoms with E-state index in [4.69, 9.17) is 4.74 Å².